The fourth-order valence-corrected chi connectivity index (χ4v) is 1.22. The lowest BCUT2D eigenvalue weighted by Gasteiger charge is -2.09. The predicted molar refractivity (Wildman–Crippen MR) is 55.6 cm³/mol. The van der Waals surface area contributed by atoms with Crippen molar-refractivity contribution in [3.8, 4) is 5.75 Å². The van der Waals surface area contributed by atoms with Gasteiger partial charge < -0.3 is 15.6 Å². The number of pyridine rings is 1. The van der Waals surface area contributed by atoms with Crippen molar-refractivity contribution >= 4 is 11.7 Å². The minimum absolute atomic E-state index is 0.0784. The number of ether oxygens (including phenoxy) is 1. The summed E-state index contributed by atoms with van der Waals surface area (Å²) in [4.78, 5) is 14.7. The molecular weight excluding hydrogens is 234 g/mol. The van der Waals surface area contributed by atoms with E-state index in [4.69, 9.17) is 5.73 Å². The normalized spacial score (nSPS) is 10.6. The van der Waals surface area contributed by atoms with E-state index in [-0.39, 0.29) is 18.7 Å². The van der Waals surface area contributed by atoms with Gasteiger partial charge in [0.25, 0.3) is 6.43 Å². The summed E-state index contributed by atoms with van der Waals surface area (Å²) in [6.45, 7) is 1.81. The maximum atomic E-state index is 12.4. The van der Waals surface area contributed by atoms with Gasteiger partial charge >= 0.3 is 5.97 Å². The number of nitrogens with two attached hydrogens (primary N) is 1. The van der Waals surface area contributed by atoms with Crippen molar-refractivity contribution in [3.63, 3.8) is 0 Å². The van der Waals surface area contributed by atoms with Gasteiger partial charge in [0, 0.05) is 6.20 Å². The lowest BCUT2D eigenvalue weighted by atomic mass is 10.1. The summed E-state index contributed by atoms with van der Waals surface area (Å²) in [7, 11) is 0. The molecule has 1 heterocycles. The van der Waals surface area contributed by atoms with Gasteiger partial charge in [0.05, 0.1) is 30.0 Å². The molecule has 0 amide bonds. The van der Waals surface area contributed by atoms with Gasteiger partial charge in [0.1, 0.15) is 0 Å². The van der Waals surface area contributed by atoms with Gasteiger partial charge in [-0.1, -0.05) is 0 Å². The average Bonchev–Trinajstić information content (AvgIpc) is 2.25. The molecule has 1 aromatic heterocycles. The quantitative estimate of drug-likeness (QED) is 0.784. The number of hydrogen-bond donors (Lipinski definition) is 2. The molecule has 0 radical (unpaired) electrons. The van der Waals surface area contributed by atoms with E-state index in [1.54, 1.807) is 6.92 Å². The van der Waals surface area contributed by atoms with Crippen molar-refractivity contribution in [2.45, 2.75) is 19.8 Å². The maximum Gasteiger partial charge on any atom is 0.312 e. The first-order chi connectivity index (χ1) is 7.97. The molecule has 0 spiro atoms. The summed E-state index contributed by atoms with van der Waals surface area (Å²) in [6.07, 6.45) is -2.30. The van der Waals surface area contributed by atoms with E-state index in [1.165, 1.54) is 0 Å². The highest BCUT2D eigenvalue weighted by atomic mass is 19.3. The van der Waals surface area contributed by atoms with Gasteiger partial charge in [0.2, 0.25) is 0 Å². The number of alkyl halides is 2. The van der Waals surface area contributed by atoms with Gasteiger partial charge in [-0.05, 0) is 6.92 Å². The zero-order valence-corrected chi connectivity index (χ0v) is 9.11. The topological polar surface area (TPSA) is 85.4 Å². The zero-order valence-electron chi connectivity index (χ0n) is 9.11. The zero-order chi connectivity index (χ0) is 13.0. The Morgan fingerprint density at radius 2 is 2.29 bits per heavy atom. The van der Waals surface area contributed by atoms with Crippen LogP contribution >= 0.6 is 0 Å². The molecule has 0 unspecified atom stereocenters. The average molecular weight is 246 g/mol. The van der Waals surface area contributed by atoms with Crippen LogP contribution in [0.2, 0.25) is 0 Å². The number of esters is 1. The molecule has 0 fully saturated rings. The minimum atomic E-state index is -2.83. The number of carbonyl (C=O) groups is 1. The van der Waals surface area contributed by atoms with Gasteiger partial charge in [-0.15, -0.1) is 0 Å². The second kappa shape index (κ2) is 5.42. The van der Waals surface area contributed by atoms with Crippen LogP contribution in [0, 0.1) is 0 Å². The lowest BCUT2D eigenvalue weighted by Crippen LogP contribution is -2.10. The molecule has 1 rings (SSSR count). The molecule has 3 N–H and O–H groups in total. The number of nitrogens with zero attached hydrogens (tertiary/aromatic N) is 1. The number of anilines is 1. The van der Waals surface area contributed by atoms with E-state index in [1.807, 2.05) is 0 Å². The Hall–Kier alpha value is -1.92. The highest BCUT2D eigenvalue weighted by Gasteiger charge is 2.19. The number of aromatic hydroxyl groups is 1. The molecule has 0 aliphatic carbocycles. The molecule has 0 aliphatic rings. The second-order valence-electron chi connectivity index (χ2n) is 3.21. The molecule has 7 heteroatoms. The third-order valence-electron chi connectivity index (χ3n) is 2.05. The minimum Gasteiger partial charge on any atom is -0.504 e. The Balaban J connectivity index is 2.96. The van der Waals surface area contributed by atoms with Crippen LogP contribution in [0.3, 0.4) is 0 Å². The van der Waals surface area contributed by atoms with Gasteiger partial charge in [-0.2, -0.15) is 0 Å². The van der Waals surface area contributed by atoms with Crippen LogP contribution in [0.5, 0.6) is 5.75 Å². The first-order valence-corrected chi connectivity index (χ1v) is 4.87. The molecular formula is C10H12F2N2O3. The van der Waals surface area contributed by atoms with Gasteiger partial charge in [0.15, 0.2) is 5.75 Å². The van der Waals surface area contributed by atoms with Crippen LogP contribution in [0.1, 0.15) is 24.6 Å². The molecule has 1 aromatic rings. The summed E-state index contributed by atoms with van der Waals surface area (Å²) < 4.78 is 29.4. The molecule has 0 atom stereocenters. The number of rotatable bonds is 4. The van der Waals surface area contributed by atoms with Crippen molar-refractivity contribution in [1.82, 2.24) is 4.98 Å². The highest BCUT2D eigenvalue weighted by Crippen LogP contribution is 2.33. The number of nitrogen functional groups attached to an aromatic ring is 1. The van der Waals surface area contributed by atoms with Gasteiger partial charge in [-0.3, -0.25) is 9.78 Å². The summed E-state index contributed by atoms with van der Waals surface area (Å²) in [5, 5.41) is 9.52. The van der Waals surface area contributed by atoms with E-state index in [2.05, 4.69) is 9.72 Å². The van der Waals surface area contributed by atoms with Crippen LogP contribution < -0.4 is 5.73 Å². The van der Waals surface area contributed by atoms with Crippen molar-refractivity contribution in [2.75, 3.05) is 12.3 Å². The largest absolute Gasteiger partial charge is 0.504 e. The second-order valence-corrected chi connectivity index (χ2v) is 3.21. The SMILES string of the molecule is CCOC(=O)Cc1ncc(C(F)F)c(N)c1O. The number of aromatic nitrogens is 1. The van der Waals surface area contributed by atoms with Crippen molar-refractivity contribution in [2.24, 2.45) is 0 Å². The number of carbonyl (C=O) groups excluding carboxylic acids is 1. The Morgan fingerprint density at radius 1 is 1.65 bits per heavy atom. The third kappa shape index (κ3) is 3.02. The Bertz CT molecular complexity index is 424. The van der Waals surface area contributed by atoms with Crippen LogP contribution in [0.25, 0.3) is 0 Å². The first-order valence-electron chi connectivity index (χ1n) is 4.87. The first kappa shape index (κ1) is 13.1. The number of hydrogen-bond acceptors (Lipinski definition) is 5. The maximum absolute atomic E-state index is 12.4. The van der Waals surface area contributed by atoms with E-state index < -0.39 is 29.4 Å². The Morgan fingerprint density at radius 3 is 2.82 bits per heavy atom. The van der Waals surface area contributed by atoms with Crippen LogP contribution in [-0.2, 0) is 16.0 Å². The van der Waals surface area contributed by atoms with Crippen LogP contribution in [0.15, 0.2) is 6.20 Å². The molecule has 94 valence electrons. The van der Waals surface area contributed by atoms with Gasteiger partial charge in [-0.25, -0.2) is 8.78 Å². The Labute approximate surface area is 96.2 Å². The fourth-order valence-electron chi connectivity index (χ4n) is 1.22. The smallest absolute Gasteiger partial charge is 0.312 e. The van der Waals surface area contributed by atoms with E-state index in [0.29, 0.717) is 0 Å². The summed E-state index contributed by atoms with van der Waals surface area (Å²) in [5.41, 5.74) is 4.21. The standard InChI is InChI=1S/C10H12F2N2O3/c1-2-17-7(15)3-6-9(16)8(13)5(4-14-6)10(11)12/h4,10,16H,2-3H2,1H3,(H2,13,14). The molecule has 0 saturated carbocycles. The van der Waals surface area contributed by atoms with Crippen LogP contribution in [0.4, 0.5) is 14.5 Å². The van der Waals surface area contributed by atoms with Crippen molar-refractivity contribution < 1.29 is 23.4 Å². The predicted octanol–water partition coefficient (Wildman–Crippen LogP) is 1.41. The van der Waals surface area contributed by atoms with E-state index >= 15 is 0 Å². The highest BCUT2D eigenvalue weighted by molar-refractivity contribution is 5.74. The van der Waals surface area contributed by atoms with E-state index in [9.17, 15) is 18.7 Å². The molecule has 17 heavy (non-hydrogen) atoms. The Kier molecular flexibility index (Phi) is 4.19. The summed E-state index contributed by atoms with van der Waals surface area (Å²) in [6, 6.07) is 0. The molecule has 0 aromatic carbocycles. The fraction of sp³-hybridized carbons (Fsp3) is 0.400. The molecule has 0 bridgehead atoms. The van der Waals surface area contributed by atoms with Crippen molar-refractivity contribution in [1.29, 1.82) is 0 Å². The number of halogens is 2. The van der Waals surface area contributed by atoms with E-state index in [0.717, 1.165) is 6.20 Å². The molecule has 5 nitrogen and oxygen atoms in total. The van der Waals surface area contributed by atoms with Crippen LogP contribution in [-0.4, -0.2) is 22.7 Å². The summed E-state index contributed by atoms with van der Waals surface area (Å²) in [5.74, 6) is -1.21. The molecule has 0 saturated heterocycles. The molecule has 0 aliphatic heterocycles. The monoisotopic (exact) mass is 246 g/mol. The lowest BCUT2D eigenvalue weighted by molar-refractivity contribution is -0.142. The van der Waals surface area contributed by atoms with Crippen molar-refractivity contribution in [3.05, 3.63) is 17.5 Å². The third-order valence-corrected chi connectivity index (χ3v) is 2.05. The summed E-state index contributed by atoms with van der Waals surface area (Å²) >= 11 is 0.